The van der Waals surface area contributed by atoms with Crippen molar-refractivity contribution >= 4 is 18.3 Å². The number of hydrogen-bond acceptors (Lipinski definition) is 4. The zero-order valence-corrected chi connectivity index (χ0v) is 11.6. The molecule has 0 bridgehead atoms. The molecular weight excluding hydrogens is 256 g/mol. The van der Waals surface area contributed by atoms with Crippen LogP contribution in [0.5, 0.6) is 11.5 Å². The maximum atomic E-state index is 11.3. The zero-order chi connectivity index (χ0) is 12.7. The highest BCUT2D eigenvalue weighted by atomic mass is 35.5. The molecule has 1 rings (SSSR count). The maximum Gasteiger partial charge on any atom is 0.234 e. The van der Waals surface area contributed by atoms with E-state index in [1.807, 2.05) is 18.2 Å². The molecule has 1 amide bonds. The van der Waals surface area contributed by atoms with E-state index in [1.165, 1.54) is 0 Å². The third kappa shape index (κ3) is 4.81. The summed E-state index contributed by atoms with van der Waals surface area (Å²) in [4.78, 5) is 11.3. The Morgan fingerprint density at radius 2 is 2.00 bits per heavy atom. The molecular formula is C12H19ClN2O3. The first-order valence-corrected chi connectivity index (χ1v) is 5.33. The van der Waals surface area contributed by atoms with E-state index >= 15 is 0 Å². The molecule has 0 aliphatic carbocycles. The van der Waals surface area contributed by atoms with E-state index in [1.54, 1.807) is 21.3 Å². The fourth-order valence-electron chi connectivity index (χ4n) is 1.44. The Morgan fingerprint density at radius 1 is 1.28 bits per heavy atom. The fraction of sp³-hybridized carbons (Fsp3) is 0.417. The third-order valence-electron chi connectivity index (χ3n) is 2.30. The van der Waals surface area contributed by atoms with Crippen molar-refractivity contribution in [2.24, 2.45) is 0 Å². The summed E-state index contributed by atoms with van der Waals surface area (Å²) in [7, 11) is 4.93. The summed E-state index contributed by atoms with van der Waals surface area (Å²) in [5, 5.41) is 5.58. The van der Waals surface area contributed by atoms with E-state index < -0.39 is 0 Å². The highest BCUT2D eigenvalue weighted by Gasteiger charge is 2.06. The number of amides is 1. The largest absolute Gasteiger partial charge is 0.497 e. The van der Waals surface area contributed by atoms with Gasteiger partial charge in [0.2, 0.25) is 5.91 Å². The quantitative estimate of drug-likeness (QED) is 0.811. The molecule has 0 spiro atoms. The van der Waals surface area contributed by atoms with Gasteiger partial charge in [-0.05, 0) is 25.2 Å². The molecule has 2 N–H and O–H groups in total. The second kappa shape index (κ2) is 8.60. The fourth-order valence-corrected chi connectivity index (χ4v) is 1.44. The van der Waals surface area contributed by atoms with Crippen molar-refractivity contribution < 1.29 is 14.3 Å². The van der Waals surface area contributed by atoms with Gasteiger partial charge in [0.15, 0.2) is 0 Å². The molecule has 1 aromatic carbocycles. The summed E-state index contributed by atoms with van der Waals surface area (Å²) in [6, 6.07) is 5.48. The molecule has 102 valence electrons. The van der Waals surface area contributed by atoms with Crippen LogP contribution in [0.4, 0.5) is 0 Å². The molecule has 6 heteroatoms. The van der Waals surface area contributed by atoms with Crippen LogP contribution < -0.4 is 20.1 Å². The predicted molar refractivity (Wildman–Crippen MR) is 72.6 cm³/mol. The minimum atomic E-state index is -0.0580. The number of carbonyl (C=O) groups is 1. The van der Waals surface area contributed by atoms with E-state index in [0.717, 1.165) is 17.1 Å². The van der Waals surface area contributed by atoms with Crippen molar-refractivity contribution in [1.29, 1.82) is 0 Å². The van der Waals surface area contributed by atoms with Gasteiger partial charge in [0.25, 0.3) is 0 Å². The normalized spacial score (nSPS) is 9.28. The molecule has 0 aliphatic rings. The average molecular weight is 275 g/mol. The molecule has 0 aromatic heterocycles. The zero-order valence-electron chi connectivity index (χ0n) is 10.8. The lowest BCUT2D eigenvalue weighted by atomic mass is 10.2. The van der Waals surface area contributed by atoms with Crippen molar-refractivity contribution in [3.05, 3.63) is 23.8 Å². The Bertz CT molecular complexity index is 386. The summed E-state index contributed by atoms with van der Waals surface area (Å²) < 4.78 is 10.3. The Morgan fingerprint density at radius 3 is 2.56 bits per heavy atom. The van der Waals surface area contributed by atoms with Gasteiger partial charge in [0, 0.05) is 12.1 Å². The SMILES string of the molecule is CNCC(=O)NCc1cc(OC)ccc1OC.Cl. The molecule has 1 aromatic rings. The van der Waals surface area contributed by atoms with Gasteiger partial charge in [-0.2, -0.15) is 0 Å². The van der Waals surface area contributed by atoms with Gasteiger partial charge in [0.1, 0.15) is 11.5 Å². The van der Waals surface area contributed by atoms with Gasteiger partial charge >= 0.3 is 0 Å². The molecule has 0 atom stereocenters. The number of benzene rings is 1. The van der Waals surface area contributed by atoms with Crippen molar-refractivity contribution in [3.63, 3.8) is 0 Å². The lowest BCUT2D eigenvalue weighted by molar-refractivity contribution is -0.120. The molecule has 0 saturated carbocycles. The predicted octanol–water partition coefficient (Wildman–Crippen LogP) is 0.961. The van der Waals surface area contributed by atoms with Crippen LogP contribution in [0, 0.1) is 0 Å². The monoisotopic (exact) mass is 274 g/mol. The van der Waals surface area contributed by atoms with Crippen LogP contribution >= 0.6 is 12.4 Å². The van der Waals surface area contributed by atoms with E-state index in [0.29, 0.717) is 13.1 Å². The molecule has 18 heavy (non-hydrogen) atoms. The van der Waals surface area contributed by atoms with Crippen LogP contribution in [-0.2, 0) is 11.3 Å². The number of hydrogen-bond donors (Lipinski definition) is 2. The average Bonchev–Trinajstić information content (AvgIpc) is 2.36. The standard InChI is InChI=1S/C12H18N2O3.ClH/c1-13-8-12(15)14-7-9-6-10(16-2)4-5-11(9)17-3;/h4-6,13H,7-8H2,1-3H3,(H,14,15);1H. The molecule has 0 heterocycles. The van der Waals surface area contributed by atoms with Crippen molar-refractivity contribution in [1.82, 2.24) is 10.6 Å². The molecule has 0 saturated heterocycles. The number of methoxy groups -OCH3 is 2. The van der Waals surface area contributed by atoms with Crippen LogP contribution in [0.15, 0.2) is 18.2 Å². The number of halogens is 1. The van der Waals surface area contributed by atoms with Gasteiger partial charge in [-0.3, -0.25) is 4.79 Å². The maximum absolute atomic E-state index is 11.3. The van der Waals surface area contributed by atoms with Gasteiger partial charge in [-0.15, -0.1) is 12.4 Å². The summed E-state index contributed by atoms with van der Waals surface area (Å²) in [6.45, 7) is 0.715. The molecule has 5 nitrogen and oxygen atoms in total. The van der Waals surface area contributed by atoms with Gasteiger partial charge in [0.05, 0.1) is 20.8 Å². The number of likely N-dealkylation sites (N-methyl/N-ethyl adjacent to an activating group) is 1. The lowest BCUT2D eigenvalue weighted by Gasteiger charge is -2.11. The molecule has 0 fully saturated rings. The Labute approximate surface area is 113 Å². The summed E-state index contributed by atoms with van der Waals surface area (Å²) in [6.07, 6.45) is 0. The van der Waals surface area contributed by atoms with Gasteiger partial charge in [-0.1, -0.05) is 0 Å². The van der Waals surface area contributed by atoms with Crippen LogP contribution in [0.2, 0.25) is 0 Å². The first-order chi connectivity index (χ1) is 8.21. The minimum Gasteiger partial charge on any atom is -0.497 e. The van der Waals surface area contributed by atoms with E-state index in [4.69, 9.17) is 9.47 Å². The number of carbonyl (C=O) groups excluding carboxylic acids is 1. The molecule has 0 radical (unpaired) electrons. The highest BCUT2D eigenvalue weighted by molar-refractivity contribution is 5.85. The summed E-state index contributed by atoms with van der Waals surface area (Å²) >= 11 is 0. The molecule has 0 aliphatic heterocycles. The smallest absolute Gasteiger partial charge is 0.234 e. The second-order valence-corrected chi connectivity index (χ2v) is 3.48. The minimum absolute atomic E-state index is 0. The van der Waals surface area contributed by atoms with E-state index in [-0.39, 0.29) is 18.3 Å². The van der Waals surface area contributed by atoms with Gasteiger partial charge < -0.3 is 20.1 Å². The third-order valence-corrected chi connectivity index (χ3v) is 2.30. The number of rotatable bonds is 6. The Balaban J connectivity index is 0.00000289. The van der Waals surface area contributed by atoms with Crippen molar-refractivity contribution in [2.75, 3.05) is 27.8 Å². The highest BCUT2D eigenvalue weighted by Crippen LogP contribution is 2.23. The van der Waals surface area contributed by atoms with Crippen LogP contribution in [0.1, 0.15) is 5.56 Å². The van der Waals surface area contributed by atoms with E-state index in [2.05, 4.69) is 10.6 Å². The Hall–Kier alpha value is -1.46. The molecule has 0 unspecified atom stereocenters. The first kappa shape index (κ1) is 16.5. The number of ether oxygens (including phenoxy) is 2. The first-order valence-electron chi connectivity index (χ1n) is 5.33. The van der Waals surface area contributed by atoms with Gasteiger partial charge in [-0.25, -0.2) is 0 Å². The Kier molecular flexibility index (Phi) is 7.91. The summed E-state index contributed by atoms with van der Waals surface area (Å²) in [5.41, 5.74) is 0.885. The van der Waals surface area contributed by atoms with Crippen molar-refractivity contribution in [2.45, 2.75) is 6.54 Å². The summed E-state index contributed by atoms with van der Waals surface area (Å²) in [5.74, 6) is 1.41. The van der Waals surface area contributed by atoms with Crippen LogP contribution in [0.3, 0.4) is 0 Å². The van der Waals surface area contributed by atoms with Crippen LogP contribution in [0.25, 0.3) is 0 Å². The van der Waals surface area contributed by atoms with E-state index in [9.17, 15) is 4.79 Å². The topological polar surface area (TPSA) is 59.6 Å². The number of nitrogens with one attached hydrogen (secondary N) is 2. The lowest BCUT2D eigenvalue weighted by Crippen LogP contribution is -2.31. The van der Waals surface area contributed by atoms with Crippen molar-refractivity contribution in [3.8, 4) is 11.5 Å². The van der Waals surface area contributed by atoms with Crippen LogP contribution in [-0.4, -0.2) is 33.7 Å². The second-order valence-electron chi connectivity index (χ2n) is 3.48.